The number of aromatic nitrogens is 4. The molecule has 1 aliphatic carbocycles. The largest absolute Gasteiger partial charge is 0.442 e. The van der Waals surface area contributed by atoms with Gasteiger partial charge in [0, 0.05) is 12.3 Å². The fraction of sp³-hybridized carbons (Fsp3) is 0.375. The molecule has 28 heavy (non-hydrogen) atoms. The van der Waals surface area contributed by atoms with E-state index in [4.69, 9.17) is 20.0 Å². The van der Waals surface area contributed by atoms with Crippen molar-refractivity contribution in [1.29, 1.82) is 0 Å². The minimum atomic E-state index is -1.11. The molecule has 0 saturated heterocycles. The van der Waals surface area contributed by atoms with Crippen molar-refractivity contribution in [3.05, 3.63) is 45.7 Å². The van der Waals surface area contributed by atoms with Crippen LogP contribution in [-0.2, 0) is 6.42 Å². The Morgan fingerprint density at radius 3 is 3.11 bits per heavy atom. The van der Waals surface area contributed by atoms with Gasteiger partial charge >= 0.3 is 5.76 Å². The Hall–Kier alpha value is -2.54. The molecule has 12 heteroatoms. The second-order valence-corrected chi connectivity index (χ2v) is 7.29. The molecule has 0 bridgehead atoms. The number of aliphatic hydroxyl groups excluding tert-OH is 1. The van der Waals surface area contributed by atoms with Crippen LogP contribution < -0.4 is 16.8 Å². The van der Waals surface area contributed by atoms with Crippen molar-refractivity contribution in [1.82, 2.24) is 25.4 Å². The van der Waals surface area contributed by atoms with E-state index in [1.165, 1.54) is 28.5 Å². The number of nitrogens with one attached hydrogen (secondary N) is 1. The maximum Gasteiger partial charge on any atom is 0.442 e. The smallest absolute Gasteiger partial charge is 0.366 e. The fourth-order valence-electron chi connectivity index (χ4n) is 3.27. The van der Waals surface area contributed by atoms with Crippen LogP contribution in [0.4, 0.5) is 4.39 Å². The third kappa shape index (κ3) is 3.58. The number of halogens is 1. The summed E-state index contributed by atoms with van der Waals surface area (Å²) < 4.78 is 24.8. The molecule has 0 fully saturated rings. The molecule has 1 aliphatic rings. The van der Waals surface area contributed by atoms with Gasteiger partial charge in [-0.2, -0.15) is 0 Å². The standard InChI is InChI=1S/C16H17FN6O4S/c17-9-3-1-8-2-4-11(10(8)7-9)23-13(21-26-16(23)25)12-14(22-27-20-12)28-6-5-19-15(18)24/h1,3,7,11,15,19,24H,2,4-6,18H2. The lowest BCUT2D eigenvalue weighted by Crippen LogP contribution is -2.38. The molecule has 2 unspecified atom stereocenters. The van der Waals surface area contributed by atoms with Crippen molar-refractivity contribution in [2.45, 2.75) is 30.3 Å². The summed E-state index contributed by atoms with van der Waals surface area (Å²) in [6.45, 7) is 0.412. The van der Waals surface area contributed by atoms with Crippen LogP contribution >= 0.6 is 11.8 Å². The van der Waals surface area contributed by atoms with E-state index in [1.54, 1.807) is 6.07 Å². The van der Waals surface area contributed by atoms with Crippen molar-refractivity contribution < 1.29 is 18.6 Å². The van der Waals surface area contributed by atoms with E-state index < -0.39 is 18.1 Å². The first-order valence-corrected chi connectivity index (χ1v) is 9.52. The highest BCUT2D eigenvalue weighted by Gasteiger charge is 2.31. The second-order valence-electron chi connectivity index (χ2n) is 6.21. The van der Waals surface area contributed by atoms with Crippen LogP contribution in [0.25, 0.3) is 11.5 Å². The van der Waals surface area contributed by atoms with Gasteiger partial charge in [0.1, 0.15) is 5.82 Å². The molecule has 2 aromatic heterocycles. The molecule has 0 saturated carbocycles. The zero-order valence-electron chi connectivity index (χ0n) is 14.5. The van der Waals surface area contributed by atoms with Gasteiger partial charge in [-0.1, -0.05) is 23.0 Å². The van der Waals surface area contributed by atoms with Crippen molar-refractivity contribution in [3.8, 4) is 11.5 Å². The maximum atomic E-state index is 13.7. The predicted octanol–water partition coefficient (Wildman–Crippen LogP) is 0.477. The molecule has 0 amide bonds. The van der Waals surface area contributed by atoms with Crippen molar-refractivity contribution in [2.75, 3.05) is 12.3 Å². The van der Waals surface area contributed by atoms with E-state index in [0.717, 1.165) is 11.1 Å². The Bertz CT molecular complexity index is 1030. The number of rotatable bonds is 7. The molecule has 4 N–H and O–H groups in total. The van der Waals surface area contributed by atoms with Gasteiger partial charge < -0.3 is 5.11 Å². The molecule has 2 atom stereocenters. The summed E-state index contributed by atoms with van der Waals surface area (Å²) in [5.41, 5.74) is 7.17. The highest BCUT2D eigenvalue weighted by atomic mass is 32.2. The highest BCUT2D eigenvalue weighted by Crippen LogP contribution is 2.37. The third-order valence-electron chi connectivity index (χ3n) is 4.47. The Balaban J connectivity index is 1.64. The van der Waals surface area contributed by atoms with E-state index in [1.807, 2.05) is 0 Å². The molecule has 0 spiro atoms. The molecule has 10 nitrogen and oxygen atoms in total. The number of hydrogen-bond acceptors (Lipinski definition) is 10. The number of aryl methyl sites for hydroxylation is 1. The fourth-order valence-corrected chi connectivity index (χ4v) is 4.04. The van der Waals surface area contributed by atoms with Gasteiger partial charge in [0.05, 0.1) is 6.04 Å². The summed E-state index contributed by atoms with van der Waals surface area (Å²) in [7, 11) is 0. The first-order chi connectivity index (χ1) is 13.5. The van der Waals surface area contributed by atoms with Crippen LogP contribution in [0.2, 0.25) is 0 Å². The lowest BCUT2D eigenvalue weighted by molar-refractivity contribution is 0.147. The van der Waals surface area contributed by atoms with E-state index >= 15 is 0 Å². The van der Waals surface area contributed by atoms with Gasteiger partial charge in [-0.25, -0.2) is 18.4 Å². The first kappa shape index (κ1) is 18.8. The number of aliphatic hydroxyl groups is 1. The predicted molar refractivity (Wildman–Crippen MR) is 95.8 cm³/mol. The molecule has 1 aromatic carbocycles. The van der Waals surface area contributed by atoms with E-state index in [9.17, 15) is 9.18 Å². The second kappa shape index (κ2) is 7.83. The normalized spacial score (nSPS) is 17.0. The van der Waals surface area contributed by atoms with Gasteiger partial charge in [-0.3, -0.25) is 15.6 Å². The molecule has 148 valence electrons. The molecular formula is C16H17FN6O4S. The highest BCUT2D eigenvalue weighted by molar-refractivity contribution is 7.99. The quantitative estimate of drug-likeness (QED) is 0.287. The summed E-state index contributed by atoms with van der Waals surface area (Å²) in [4.78, 5) is 12.4. The van der Waals surface area contributed by atoms with E-state index in [2.05, 4.69) is 20.8 Å². The Morgan fingerprint density at radius 2 is 2.29 bits per heavy atom. The van der Waals surface area contributed by atoms with Gasteiger partial charge in [0.25, 0.3) is 0 Å². The lowest BCUT2D eigenvalue weighted by Gasteiger charge is -2.13. The van der Waals surface area contributed by atoms with Crippen LogP contribution in [0.15, 0.2) is 37.2 Å². The molecule has 0 radical (unpaired) electrons. The Labute approximate surface area is 161 Å². The topological polar surface area (TPSA) is 145 Å². The Morgan fingerprint density at radius 1 is 1.43 bits per heavy atom. The van der Waals surface area contributed by atoms with Crippen LogP contribution in [0.3, 0.4) is 0 Å². The third-order valence-corrected chi connectivity index (χ3v) is 5.41. The molecule has 2 heterocycles. The van der Waals surface area contributed by atoms with Crippen LogP contribution in [0.1, 0.15) is 23.6 Å². The minimum absolute atomic E-state index is 0.169. The number of fused-ring (bicyclic) bond motifs is 1. The lowest BCUT2D eigenvalue weighted by atomic mass is 10.1. The minimum Gasteiger partial charge on any atom is -0.366 e. The number of hydrogen-bond donors (Lipinski definition) is 3. The Kier molecular flexibility index (Phi) is 5.26. The van der Waals surface area contributed by atoms with Crippen LogP contribution in [-0.4, -0.2) is 43.8 Å². The van der Waals surface area contributed by atoms with Crippen molar-refractivity contribution >= 4 is 11.8 Å². The number of nitrogens with zero attached hydrogens (tertiary/aromatic N) is 4. The van der Waals surface area contributed by atoms with E-state index in [-0.39, 0.29) is 17.3 Å². The average Bonchev–Trinajstić information content (AvgIpc) is 3.36. The summed E-state index contributed by atoms with van der Waals surface area (Å²) in [6, 6.07) is 4.14. The first-order valence-electron chi connectivity index (χ1n) is 8.54. The summed E-state index contributed by atoms with van der Waals surface area (Å²) in [5.74, 6) is -0.355. The molecule has 4 rings (SSSR count). The molecule has 0 aliphatic heterocycles. The van der Waals surface area contributed by atoms with Crippen molar-refractivity contribution in [3.63, 3.8) is 0 Å². The monoisotopic (exact) mass is 408 g/mol. The number of benzene rings is 1. The van der Waals surface area contributed by atoms with Crippen molar-refractivity contribution in [2.24, 2.45) is 5.73 Å². The summed E-state index contributed by atoms with van der Waals surface area (Å²) in [6.07, 6.45) is 0.210. The van der Waals surface area contributed by atoms with Gasteiger partial charge in [-0.05, 0) is 46.4 Å². The zero-order chi connectivity index (χ0) is 19.7. The van der Waals surface area contributed by atoms with Gasteiger partial charge in [-0.15, -0.1) is 0 Å². The number of nitrogens with two attached hydrogens (primary N) is 1. The van der Waals surface area contributed by atoms with Crippen LogP contribution in [0, 0.1) is 5.82 Å². The number of thioether (sulfide) groups is 1. The van der Waals surface area contributed by atoms with Crippen LogP contribution in [0.5, 0.6) is 0 Å². The molecule has 3 aromatic rings. The van der Waals surface area contributed by atoms with Gasteiger partial charge in [0.15, 0.2) is 17.1 Å². The SMILES string of the molecule is NC(O)NCCSc1nonc1-c1noc(=O)n1C1CCc2ccc(F)cc21. The van der Waals surface area contributed by atoms with E-state index in [0.29, 0.717) is 30.2 Å². The molecular weight excluding hydrogens is 391 g/mol. The average molecular weight is 408 g/mol. The maximum absolute atomic E-state index is 13.7. The van der Waals surface area contributed by atoms with Gasteiger partial charge in [0.2, 0.25) is 5.82 Å². The zero-order valence-corrected chi connectivity index (χ0v) is 15.4. The summed E-state index contributed by atoms with van der Waals surface area (Å²) >= 11 is 1.29. The summed E-state index contributed by atoms with van der Waals surface area (Å²) in [5, 5.41) is 23.6.